The van der Waals surface area contributed by atoms with Crippen molar-refractivity contribution < 1.29 is 14.6 Å². The molecule has 0 radical (unpaired) electrons. The number of rotatable bonds is 1. The van der Waals surface area contributed by atoms with Crippen LogP contribution in [0.5, 0.6) is 0 Å². The van der Waals surface area contributed by atoms with E-state index in [0.29, 0.717) is 0 Å². The van der Waals surface area contributed by atoms with Crippen LogP contribution in [0, 0.1) is 0 Å². The van der Waals surface area contributed by atoms with Crippen LogP contribution in [0.1, 0.15) is 46.5 Å². The third-order valence-electron chi connectivity index (χ3n) is 3.60. The lowest BCUT2D eigenvalue weighted by atomic mass is 9.97. The lowest BCUT2D eigenvalue weighted by molar-refractivity contribution is 0.0115. The molecule has 0 saturated carbocycles. The Balaban J connectivity index is 2.05. The summed E-state index contributed by atoms with van der Waals surface area (Å²) in [5.41, 5.74) is 0.849. The highest BCUT2D eigenvalue weighted by molar-refractivity contribution is 5.70. The molecule has 1 N–H and O–H groups in total. The third kappa shape index (κ3) is 2.86. The lowest BCUT2D eigenvalue weighted by Gasteiger charge is -2.37. The van der Waals surface area contributed by atoms with Crippen LogP contribution in [-0.2, 0) is 4.74 Å². The minimum Gasteiger partial charge on any atom is -0.444 e. The summed E-state index contributed by atoms with van der Waals surface area (Å²) in [7, 11) is 0. The second-order valence-corrected chi connectivity index (χ2v) is 6.23. The summed E-state index contributed by atoms with van der Waals surface area (Å²) >= 11 is 0. The van der Waals surface area contributed by atoms with Crippen LogP contribution in [0.25, 0.3) is 0 Å². The fourth-order valence-corrected chi connectivity index (χ4v) is 2.96. The Bertz CT molecular complexity index is 341. The van der Waals surface area contributed by atoms with E-state index < -0.39 is 5.60 Å². The number of carbonyl (C=O) groups excluding carboxylic acids is 1. The summed E-state index contributed by atoms with van der Waals surface area (Å²) in [6.07, 6.45) is 5.57. The van der Waals surface area contributed by atoms with Gasteiger partial charge < -0.3 is 14.7 Å². The van der Waals surface area contributed by atoms with E-state index in [9.17, 15) is 4.79 Å². The maximum atomic E-state index is 12.2. The average molecular weight is 253 g/mol. The van der Waals surface area contributed by atoms with Crippen LogP contribution in [0.3, 0.4) is 0 Å². The molecular weight excluding hydrogens is 230 g/mol. The largest absolute Gasteiger partial charge is 0.444 e. The molecule has 1 unspecified atom stereocenters. The van der Waals surface area contributed by atoms with E-state index in [0.717, 1.165) is 25.7 Å². The molecule has 2 bridgehead atoms. The predicted molar refractivity (Wildman–Crippen MR) is 69.3 cm³/mol. The van der Waals surface area contributed by atoms with Crippen molar-refractivity contribution in [2.24, 2.45) is 0 Å². The molecular formula is C14H23NO3. The molecule has 2 aliphatic heterocycles. The van der Waals surface area contributed by atoms with Crippen molar-refractivity contribution in [3.8, 4) is 0 Å². The van der Waals surface area contributed by atoms with Crippen molar-refractivity contribution >= 4 is 6.09 Å². The third-order valence-corrected chi connectivity index (χ3v) is 3.60. The molecule has 2 atom stereocenters. The van der Waals surface area contributed by atoms with Crippen LogP contribution in [0.2, 0.25) is 0 Å². The number of fused-ring (bicyclic) bond motifs is 2. The van der Waals surface area contributed by atoms with Gasteiger partial charge in [0, 0.05) is 12.1 Å². The summed E-state index contributed by atoms with van der Waals surface area (Å²) in [5.74, 6) is 0. The summed E-state index contributed by atoms with van der Waals surface area (Å²) in [5, 5.41) is 8.96. The molecule has 2 aliphatic rings. The monoisotopic (exact) mass is 253 g/mol. The van der Waals surface area contributed by atoms with Gasteiger partial charge in [-0.05, 0) is 46.5 Å². The molecule has 0 aliphatic carbocycles. The van der Waals surface area contributed by atoms with E-state index >= 15 is 0 Å². The van der Waals surface area contributed by atoms with E-state index in [2.05, 4.69) is 0 Å². The first-order valence-corrected chi connectivity index (χ1v) is 6.71. The molecule has 2 rings (SSSR count). The molecule has 4 heteroatoms. The highest BCUT2D eigenvalue weighted by Gasteiger charge is 2.42. The fourth-order valence-electron chi connectivity index (χ4n) is 2.96. The van der Waals surface area contributed by atoms with Crippen molar-refractivity contribution in [3.05, 3.63) is 11.6 Å². The van der Waals surface area contributed by atoms with Gasteiger partial charge in [0.1, 0.15) is 5.60 Å². The number of nitrogens with zero attached hydrogens (tertiary/aromatic N) is 1. The SMILES string of the molecule is CC(C)(C)OC(=O)N1C2CC[C@H]1CC(=CCO)C2. The zero-order valence-electron chi connectivity index (χ0n) is 11.5. The van der Waals surface area contributed by atoms with E-state index in [4.69, 9.17) is 9.84 Å². The van der Waals surface area contributed by atoms with Gasteiger partial charge in [-0.15, -0.1) is 0 Å². The lowest BCUT2D eigenvalue weighted by Crippen LogP contribution is -2.47. The number of carbonyl (C=O) groups is 1. The summed E-state index contributed by atoms with van der Waals surface area (Å²) in [4.78, 5) is 14.1. The van der Waals surface area contributed by atoms with Gasteiger partial charge in [-0.25, -0.2) is 4.79 Å². The average Bonchev–Trinajstić information content (AvgIpc) is 2.49. The molecule has 0 spiro atoms. The minimum absolute atomic E-state index is 0.0984. The standard InChI is InChI=1S/C14H23NO3/c1-14(2,3)18-13(17)15-11-4-5-12(15)9-10(8-11)6-7-16/h6,11-12,16H,4-5,7-9H2,1-3H3/t11-,12?/m0/s1. The van der Waals surface area contributed by atoms with Gasteiger partial charge in [-0.1, -0.05) is 11.6 Å². The van der Waals surface area contributed by atoms with E-state index in [-0.39, 0.29) is 24.8 Å². The number of amides is 1. The highest BCUT2D eigenvalue weighted by atomic mass is 16.6. The molecule has 2 heterocycles. The van der Waals surface area contributed by atoms with Crippen molar-refractivity contribution in [1.82, 2.24) is 4.90 Å². The molecule has 0 aromatic carbocycles. The normalized spacial score (nSPS) is 29.8. The second kappa shape index (κ2) is 4.92. The quantitative estimate of drug-likeness (QED) is 0.730. The van der Waals surface area contributed by atoms with Crippen LogP contribution in [-0.4, -0.2) is 40.4 Å². The Hall–Kier alpha value is -1.03. The Morgan fingerprint density at radius 2 is 1.94 bits per heavy atom. The number of hydrogen-bond donors (Lipinski definition) is 1. The van der Waals surface area contributed by atoms with Crippen LogP contribution < -0.4 is 0 Å². The van der Waals surface area contributed by atoms with E-state index in [1.807, 2.05) is 31.7 Å². The van der Waals surface area contributed by atoms with Crippen molar-refractivity contribution in [2.75, 3.05) is 6.61 Å². The summed E-state index contributed by atoms with van der Waals surface area (Å²) < 4.78 is 5.47. The topological polar surface area (TPSA) is 49.8 Å². The molecule has 1 amide bonds. The Kier molecular flexibility index (Phi) is 3.66. The number of piperidine rings is 1. The van der Waals surface area contributed by atoms with Crippen LogP contribution in [0.15, 0.2) is 11.6 Å². The molecule has 2 fully saturated rings. The molecule has 102 valence electrons. The van der Waals surface area contributed by atoms with Crippen LogP contribution in [0.4, 0.5) is 4.79 Å². The molecule has 18 heavy (non-hydrogen) atoms. The Labute approximate surface area is 109 Å². The summed E-state index contributed by atoms with van der Waals surface area (Å²) in [6, 6.07) is 0.521. The van der Waals surface area contributed by atoms with Gasteiger partial charge in [-0.2, -0.15) is 0 Å². The predicted octanol–water partition coefficient (Wildman–Crippen LogP) is 2.47. The van der Waals surface area contributed by atoms with Gasteiger partial charge in [-0.3, -0.25) is 0 Å². The number of ether oxygens (including phenoxy) is 1. The van der Waals surface area contributed by atoms with Gasteiger partial charge >= 0.3 is 6.09 Å². The zero-order valence-corrected chi connectivity index (χ0v) is 11.5. The second-order valence-electron chi connectivity index (χ2n) is 6.23. The highest BCUT2D eigenvalue weighted by Crippen LogP contribution is 2.39. The maximum Gasteiger partial charge on any atom is 0.410 e. The smallest absolute Gasteiger partial charge is 0.410 e. The number of aliphatic hydroxyl groups is 1. The fraction of sp³-hybridized carbons (Fsp3) is 0.786. The van der Waals surface area contributed by atoms with Gasteiger partial charge in [0.2, 0.25) is 0 Å². The molecule has 0 aromatic heterocycles. The molecule has 4 nitrogen and oxygen atoms in total. The first-order valence-electron chi connectivity index (χ1n) is 6.71. The number of aliphatic hydroxyl groups excluding tert-OH is 1. The van der Waals surface area contributed by atoms with Crippen LogP contribution >= 0.6 is 0 Å². The molecule has 2 saturated heterocycles. The minimum atomic E-state index is -0.433. The Morgan fingerprint density at radius 1 is 1.39 bits per heavy atom. The first kappa shape index (κ1) is 13.4. The van der Waals surface area contributed by atoms with E-state index in [1.165, 1.54) is 5.57 Å². The summed E-state index contributed by atoms with van der Waals surface area (Å²) in [6.45, 7) is 5.79. The van der Waals surface area contributed by atoms with E-state index in [1.54, 1.807) is 0 Å². The van der Waals surface area contributed by atoms with Crippen molar-refractivity contribution in [3.63, 3.8) is 0 Å². The van der Waals surface area contributed by atoms with Gasteiger partial charge in [0.15, 0.2) is 0 Å². The van der Waals surface area contributed by atoms with Gasteiger partial charge in [0.05, 0.1) is 6.61 Å². The maximum absolute atomic E-state index is 12.2. The Morgan fingerprint density at radius 3 is 2.39 bits per heavy atom. The number of hydrogen-bond acceptors (Lipinski definition) is 3. The van der Waals surface area contributed by atoms with Crippen molar-refractivity contribution in [1.29, 1.82) is 0 Å². The zero-order chi connectivity index (χ0) is 13.3. The first-order chi connectivity index (χ1) is 8.40. The van der Waals surface area contributed by atoms with Crippen molar-refractivity contribution in [2.45, 2.75) is 64.1 Å². The molecule has 0 aromatic rings. The van der Waals surface area contributed by atoms with Gasteiger partial charge in [0.25, 0.3) is 0 Å².